The van der Waals surface area contributed by atoms with Gasteiger partial charge < -0.3 is 4.90 Å². The predicted molar refractivity (Wildman–Crippen MR) is 64.9 cm³/mol. The largest absolute Gasteiger partial charge is 0.305 e. The third-order valence-electron chi connectivity index (χ3n) is 2.35. The topological polar surface area (TPSA) is 29.0 Å². The maximum Gasteiger partial charge on any atom is 0.115 e. The van der Waals surface area contributed by atoms with Crippen molar-refractivity contribution in [2.75, 3.05) is 14.1 Å². The number of benzene rings is 1. The van der Waals surface area contributed by atoms with Crippen LogP contribution in [-0.2, 0) is 6.54 Å². The standard InChI is InChI=1S/C13H15N3/c1-16(2)9-11-3-5-12(6-4-11)13-7-14-10-15-8-13/h3-8,10H,9H2,1-2H3. The van der Waals surface area contributed by atoms with Crippen LogP contribution in [0.2, 0.25) is 0 Å². The molecular formula is C13H15N3. The molecule has 0 spiro atoms. The summed E-state index contributed by atoms with van der Waals surface area (Å²) >= 11 is 0. The van der Waals surface area contributed by atoms with E-state index in [1.54, 1.807) is 6.33 Å². The number of rotatable bonds is 3. The van der Waals surface area contributed by atoms with Gasteiger partial charge in [0.1, 0.15) is 6.33 Å². The van der Waals surface area contributed by atoms with Crippen LogP contribution < -0.4 is 0 Å². The minimum atomic E-state index is 0.964. The molecule has 0 aliphatic carbocycles. The van der Waals surface area contributed by atoms with Crippen LogP contribution in [0.25, 0.3) is 11.1 Å². The van der Waals surface area contributed by atoms with Gasteiger partial charge in [0.2, 0.25) is 0 Å². The summed E-state index contributed by atoms with van der Waals surface area (Å²) in [5, 5.41) is 0. The smallest absolute Gasteiger partial charge is 0.115 e. The van der Waals surface area contributed by atoms with Crippen molar-refractivity contribution in [3.63, 3.8) is 0 Å². The van der Waals surface area contributed by atoms with E-state index in [2.05, 4.69) is 53.2 Å². The average molecular weight is 213 g/mol. The van der Waals surface area contributed by atoms with Gasteiger partial charge in [-0.1, -0.05) is 24.3 Å². The Bertz CT molecular complexity index is 434. The van der Waals surface area contributed by atoms with Crippen LogP contribution in [0.5, 0.6) is 0 Å². The van der Waals surface area contributed by atoms with Crippen molar-refractivity contribution in [3.8, 4) is 11.1 Å². The first-order valence-electron chi connectivity index (χ1n) is 5.25. The first-order chi connectivity index (χ1) is 7.75. The first-order valence-corrected chi connectivity index (χ1v) is 5.25. The molecule has 0 fully saturated rings. The van der Waals surface area contributed by atoms with Crippen LogP contribution in [0.1, 0.15) is 5.56 Å². The highest BCUT2D eigenvalue weighted by Crippen LogP contribution is 2.17. The molecular weight excluding hydrogens is 198 g/mol. The molecule has 2 aromatic rings. The Morgan fingerprint density at radius 3 is 2.12 bits per heavy atom. The molecule has 1 aromatic carbocycles. The van der Waals surface area contributed by atoms with Gasteiger partial charge >= 0.3 is 0 Å². The van der Waals surface area contributed by atoms with Gasteiger partial charge in [-0.15, -0.1) is 0 Å². The summed E-state index contributed by atoms with van der Waals surface area (Å²) in [5.41, 5.74) is 3.52. The van der Waals surface area contributed by atoms with Crippen LogP contribution in [0.3, 0.4) is 0 Å². The Balaban J connectivity index is 2.20. The van der Waals surface area contributed by atoms with Crippen LogP contribution in [0.15, 0.2) is 43.0 Å². The summed E-state index contributed by atoms with van der Waals surface area (Å²) in [6.07, 6.45) is 5.20. The van der Waals surface area contributed by atoms with Crippen LogP contribution in [-0.4, -0.2) is 29.0 Å². The summed E-state index contributed by atoms with van der Waals surface area (Å²) < 4.78 is 0. The summed E-state index contributed by atoms with van der Waals surface area (Å²) in [6, 6.07) is 8.50. The Labute approximate surface area is 95.8 Å². The molecule has 0 aliphatic heterocycles. The van der Waals surface area contributed by atoms with E-state index in [0.717, 1.165) is 17.7 Å². The lowest BCUT2D eigenvalue weighted by atomic mass is 10.1. The fourth-order valence-electron chi connectivity index (χ4n) is 1.62. The maximum atomic E-state index is 4.01. The summed E-state index contributed by atoms with van der Waals surface area (Å²) in [6.45, 7) is 0.964. The monoisotopic (exact) mass is 213 g/mol. The van der Waals surface area contributed by atoms with Crippen molar-refractivity contribution in [1.29, 1.82) is 0 Å². The van der Waals surface area contributed by atoms with Gasteiger partial charge in [0.05, 0.1) is 0 Å². The molecule has 0 amide bonds. The van der Waals surface area contributed by atoms with Gasteiger partial charge in [-0.3, -0.25) is 0 Å². The number of aromatic nitrogens is 2. The van der Waals surface area contributed by atoms with E-state index in [-0.39, 0.29) is 0 Å². The zero-order valence-corrected chi connectivity index (χ0v) is 9.59. The van der Waals surface area contributed by atoms with Crippen molar-refractivity contribution in [2.24, 2.45) is 0 Å². The van der Waals surface area contributed by atoms with Crippen molar-refractivity contribution >= 4 is 0 Å². The molecule has 2 rings (SSSR count). The van der Waals surface area contributed by atoms with Crippen molar-refractivity contribution in [2.45, 2.75) is 6.54 Å². The normalized spacial score (nSPS) is 10.7. The lowest BCUT2D eigenvalue weighted by molar-refractivity contribution is 0.402. The molecule has 0 bridgehead atoms. The minimum Gasteiger partial charge on any atom is -0.305 e. The Hall–Kier alpha value is -1.74. The molecule has 16 heavy (non-hydrogen) atoms. The molecule has 1 heterocycles. The average Bonchev–Trinajstić information content (AvgIpc) is 2.30. The van der Waals surface area contributed by atoms with Crippen LogP contribution in [0.4, 0.5) is 0 Å². The molecule has 82 valence electrons. The molecule has 0 saturated heterocycles. The van der Waals surface area contributed by atoms with Gasteiger partial charge in [-0.05, 0) is 25.2 Å². The van der Waals surface area contributed by atoms with Crippen molar-refractivity contribution in [1.82, 2.24) is 14.9 Å². The Morgan fingerprint density at radius 2 is 1.56 bits per heavy atom. The second kappa shape index (κ2) is 4.86. The molecule has 0 radical (unpaired) electrons. The molecule has 0 saturated carbocycles. The van der Waals surface area contributed by atoms with E-state index in [1.165, 1.54) is 5.56 Å². The molecule has 0 atom stereocenters. The van der Waals surface area contributed by atoms with Crippen molar-refractivity contribution < 1.29 is 0 Å². The van der Waals surface area contributed by atoms with Gasteiger partial charge in [0.25, 0.3) is 0 Å². The highest BCUT2D eigenvalue weighted by Gasteiger charge is 1.99. The number of nitrogens with zero attached hydrogens (tertiary/aromatic N) is 3. The maximum absolute atomic E-state index is 4.01. The van der Waals surface area contributed by atoms with Crippen LogP contribution in [0, 0.1) is 0 Å². The highest BCUT2D eigenvalue weighted by molar-refractivity contribution is 5.61. The molecule has 0 unspecified atom stereocenters. The van der Waals surface area contributed by atoms with Gasteiger partial charge in [0, 0.05) is 24.5 Å². The highest BCUT2D eigenvalue weighted by atomic mass is 15.0. The summed E-state index contributed by atoms with van der Waals surface area (Å²) in [4.78, 5) is 10.2. The molecule has 1 aromatic heterocycles. The lowest BCUT2D eigenvalue weighted by Gasteiger charge is -2.09. The lowest BCUT2D eigenvalue weighted by Crippen LogP contribution is -2.10. The second-order valence-electron chi connectivity index (χ2n) is 4.06. The molecule has 0 aliphatic rings. The Kier molecular flexibility index (Phi) is 3.27. The van der Waals surface area contributed by atoms with Crippen molar-refractivity contribution in [3.05, 3.63) is 48.5 Å². The van der Waals surface area contributed by atoms with Gasteiger partial charge in [0.15, 0.2) is 0 Å². The fourth-order valence-corrected chi connectivity index (χ4v) is 1.62. The van der Waals surface area contributed by atoms with E-state index >= 15 is 0 Å². The third kappa shape index (κ3) is 2.64. The summed E-state index contributed by atoms with van der Waals surface area (Å²) in [5.74, 6) is 0. The Morgan fingerprint density at radius 1 is 0.938 bits per heavy atom. The zero-order chi connectivity index (χ0) is 11.4. The molecule has 3 nitrogen and oxygen atoms in total. The van der Waals surface area contributed by atoms with Gasteiger partial charge in [-0.25, -0.2) is 9.97 Å². The third-order valence-corrected chi connectivity index (χ3v) is 2.35. The van der Waals surface area contributed by atoms with Gasteiger partial charge in [-0.2, -0.15) is 0 Å². The SMILES string of the molecule is CN(C)Cc1ccc(-c2cncnc2)cc1. The van der Waals surface area contributed by atoms with E-state index in [1.807, 2.05) is 12.4 Å². The molecule has 0 N–H and O–H groups in total. The van der Waals surface area contributed by atoms with Crippen LogP contribution >= 0.6 is 0 Å². The number of hydrogen-bond acceptors (Lipinski definition) is 3. The quantitative estimate of drug-likeness (QED) is 0.782. The minimum absolute atomic E-state index is 0.964. The summed E-state index contributed by atoms with van der Waals surface area (Å²) in [7, 11) is 4.14. The fraction of sp³-hybridized carbons (Fsp3) is 0.231. The predicted octanol–water partition coefficient (Wildman–Crippen LogP) is 2.21. The van der Waals surface area contributed by atoms with E-state index < -0.39 is 0 Å². The number of hydrogen-bond donors (Lipinski definition) is 0. The first kappa shape index (κ1) is 10.8. The molecule has 3 heteroatoms. The zero-order valence-electron chi connectivity index (χ0n) is 9.59. The van der Waals surface area contributed by atoms with E-state index in [4.69, 9.17) is 0 Å². The van der Waals surface area contributed by atoms with E-state index in [0.29, 0.717) is 0 Å². The second-order valence-corrected chi connectivity index (χ2v) is 4.06. The van der Waals surface area contributed by atoms with E-state index in [9.17, 15) is 0 Å².